The molecule has 5 atom stereocenters. The Balaban J connectivity index is 1.24. The van der Waals surface area contributed by atoms with Crippen LogP contribution in [0.2, 0.25) is 0 Å². The number of pyridine rings is 1. The number of ether oxygens (including phenoxy) is 3. The van der Waals surface area contributed by atoms with Gasteiger partial charge in [-0.3, -0.25) is 19.1 Å². The lowest BCUT2D eigenvalue weighted by molar-refractivity contribution is -0.141. The summed E-state index contributed by atoms with van der Waals surface area (Å²) in [4.78, 5) is 57.4. The van der Waals surface area contributed by atoms with Crippen LogP contribution >= 0.6 is 11.3 Å². The fraction of sp³-hybridized carbons (Fsp3) is 0.521. The molecule has 3 N–H and O–H groups in total. The van der Waals surface area contributed by atoms with Crippen LogP contribution < -0.4 is 29.6 Å². The van der Waals surface area contributed by atoms with Crippen molar-refractivity contribution in [3.8, 4) is 28.0 Å². The zero-order valence-electron chi connectivity index (χ0n) is 39.1. The van der Waals surface area contributed by atoms with Crippen molar-refractivity contribution >= 4 is 55.7 Å². The number of carbonyl (C=O) groups excluding carboxylic acids is 3. The summed E-state index contributed by atoms with van der Waals surface area (Å²) in [5.74, 6) is -0.291. The minimum Gasteiger partial charge on any atom is -0.496 e. The SMILES string of the molecule is C=C[C@@H]1C[C@]1(NC(=O)[C@@H]1CC(Oc2cc(-c3nc(C(C)C)cs3)nc3c(C)c(OC)ccc23)CN1C(=O)[C@@H](Nc1cccc(OCCN(C)C)c1)C(C)(C)C)C(=O)NS(=O)(=O)C1(C)CC1. The molecule has 1 saturated heterocycles. The maximum atomic E-state index is 15.2. The van der Waals surface area contributed by atoms with Crippen molar-refractivity contribution in [1.29, 1.82) is 0 Å². The Kier molecular flexibility index (Phi) is 13.4. The van der Waals surface area contributed by atoms with Crippen LogP contribution in [0, 0.1) is 18.3 Å². The fourth-order valence-electron chi connectivity index (χ4n) is 8.15. The first-order chi connectivity index (χ1) is 30.6. The van der Waals surface area contributed by atoms with Crippen LogP contribution in [0.1, 0.15) is 84.4 Å². The summed E-state index contributed by atoms with van der Waals surface area (Å²) in [6, 6.07) is 11.1. The molecule has 350 valence electrons. The number of benzene rings is 2. The summed E-state index contributed by atoms with van der Waals surface area (Å²) >= 11 is 1.49. The molecule has 2 aromatic heterocycles. The molecule has 0 radical (unpaired) electrons. The lowest BCUT2D eigenvalue weighted by Gasteiger charge is -2.36. The molecule has 15 nitrogen and oxygen atoms in total. The Labute approximate surface area is 386 Å². The van der Waals surface area contributed by atoms with E-state index in [1.165, 1.54) is 16.2 Å². The minimum absolute atomic E-state index is 0.0265. The molecule has 3 heterocycles. The van der Waals surface area contributed by atoms with E-state index in [0.29, 0.717) is 59.0 Å². The van der Waals surface area contributed by atoms with Crippen LogP contribution in [-0.2, 0) is 24.4 Å². The van der Waals surface area contributed by atoms with E-state index >= 15 is 4.79 Å². The van der Waals surface area contributed by atoms with Crippen molar-refractivity contribution in [3.63, 3.8) is 0 Å². The van der Waals surface area contributed by atoms with E-state index in [0.717, 1.165) is 22.8 Å². The molecule has 0 spiro atoms. The van der Waals surface area contributed by atoms with Gasteiger partial charge in [-0.1, -0.05) is 46.8 Å². The number of rotatable bonds is 18. The van der Waals surface area contributed by atoms with E-state index in [4.69, 9.17) is 24.2 Å². The quantitative estimate of drug-likeness (QED) is 0.0904. The summed E-state index contributed by atoms with van der Waals surface area (Å²) in [7, 11) is 1.54. The van der Waals surface area contributed by atoms with E-state index in [9.17, 15) is 18.0 Å². The molecule has 17 heteroatoms. The second-order valence-electron chi connectivity index (χ2n) is 19.5. The third-order valence-corrected chi connectivity index (χ3v) is 15.8. The van der Waals surface area contributed by atoms with Gasteiger partial charge in [0.1, 0.15) is 58.3 Å². The average molecular weight is 930 g/mol. The summed E-state index contributed by atoms with van der Waals surface area (Å²) < 4.78 is 46.3. The normalized spacial score (nSPS) is 21.8. The summed E-state index contributed by atoms with van der Waals surface area (Å²) in [6.07, 6.45) is 1.94. The molecule has 0 bridgehead atoms. The summed E-state index contributed by atoms with van der Waals surface area (Å²) in [5.41, 5.74) is 1.47. The van der Waals surface area contributed by atoms with Crippen LogP contribution in [0.3, 0.4) is 0 Å². The van der Waals surface area contributed by atoms with Gasteiger partial charge in [0.05, 0.1) is 29.6 Å². The number of carbonyl (C=O) groups is 3. The zero-order chi connectivity index (χ0) is 47.2. The molecule has 1 unspecified atom stereocenters. The van der Waals surface area contributed by atoms with Gasteiger partial charge in [0.2, 0.25) is 21.8 Å². The van der Waals surface area contributed by atoms with Crippen molar-refractivity contribution < 1.29 is 37.0 Å². The Hall–Kier alpha value is -5.26. The highest BCUT2D eigenvalue weighted by Gasteiger charge is 2.63. The van der Waals surface area contributed by atoms with Gasteiger partial charge >= 0.3 is 0 Å². The summed E-state index contributed by atoms with van der Waals surface area (Å²) in [6.45, 7) is 18.6. The molecule has 4 aromatic rings. The van der Waals surface area contributed by atoms with Gasteiger partial charge in [-0.15, -0.1) is 17.9 Å². The number of amides is 3. The number of anilines is 1. The number of likely N-dealkylation sites (tertiary alicyclic amines) is 1. The molecular weight excluding hydrogens is 867 g/mol. The Morgan fingerprint density at radius 2 is 1.83 bits per heavy atom. The predicted octanol–water partition coefficient (Wildman–Crippen LogP) is 6.67. The van der Waals surface area contributed by atoms with Crippen molar-refractivity contribution in [2.24, 2.45) is 11.3 Å². The van der Waals surface area contributed by atoms with Crippen LogP contribution in [0.5, 0.6) is 17.2 Å². The molecular formula is C48H63N7O8S2. The number of likely N-dealkylation sites (N-methyl/N-ethyl adjacent to an activating group) is 1. The highest BCUT2D eigenvalue weighted by molar-refractivity contribution is 7.91. The molecule has 2 saturated carbocycles. The third kappa shape index (κ3) is 9.97. The molecule has 2 aromatic carbocycles. The second-order valence-corrected chi connectivity index (χ2v) is 22.6. The number of aryl methyl sites for hydroxylation is 1. The molecule has 3 fully saturated rings. The third-order valence-electron chi connectivity index (χ3n) is 12.8. The standard InChI is InChI=1S/C48H63N7O8S2/c1-12-30-25-48(30,45(58)53-65(59,60)47(8)18-19-47)52-42(56)37-23-33(26-55(37)44(57)41(46(5,6)7)49-31-14-13-15-32(22-31)62-21-20-54(9)10)63-39-24-35(43-51-36(27-64-43)28(2)3)50-40-29(4)38(61-11)17-16-34(39)40/h12-17,22,24,27-28,30,33,37,41,49H,1,18-21,23,25-26H2,2-11H3,(H,52,56)(H,53,58)/t30-,33?,37+,41-,48-/m1/s1. The Morgan fingerprint density at radius 1 is 1.09 bits per heavy atom. The average Bonchev–Trinajstić information content (AvgIpc) is 4.03. The lowest BCUT2D eigenvalue weighted by atomic mass is 9.85. The number of thiazole rings is 1. The summed E-state index contributed by atoms with van der Waals surface area (Å²) in [5, 5.41) is 9.83. The lowest BCUT2D eigenvalue weighted by Crippen LogP contribution is -2.59. The first-order valence-electron chi connectivity index (χ1n) is 22.2. The van der Waals surface area contributed by atoms with Gasteiger partial charge in [-0.05, 0) is 82.8 Å². The van der Waals surface area contributed by atoms with Crippen LogP contribution in [0.15, 0.2) is 60.5 Å². The number of methoxy groups -OCH3 is 1. The van der Waals surface area contributed by atoms with Crippen LogP contribution in [0.25, 0.3) is 21.6 Å². The molecule has 7 rings (SSSR count). The van der Waals surface area contributed by atoms with Crippen LogP contribution in [0.4, 0.5) is 5.69 Å². The maximum absolute atomic E-state index is 15.2. The molecule has 65 heavy (non-hydrogen) atoms. The van der Waals surface area contributed by atoms with Gasteiger partial charge in [0, 0.05) is 53.0 Å². The monoisotopic (exact) mass is 929 g/mol. The number of aromatic nitrogens is 2. The van der Waals surface area contributed by atoms with Crippen molar-refractivity contribution in [2.75, 3.05) is 46.2 Å². The molecule has 3 aliphatic rings. The maximum Gasteiger partial charge on any atom is 0.259 e. The van der Waals surface area contributed by atoms with Gasteiger partial charge < -0.3 is 34.6 Å². The molecule has 1 aliphatic heterocycles. The van der Waals surface area contributed by atoms with E-state index in [-0.39, 0.29) is 31.2 Å². The second kappa shape index (κ2) is 18.2. The van der Waals surface area contributed by atoms with Crippen molar-refractivity contribution in [1.82, 2.24) is 29.8 Å². The van der Waals surface area contributed by atoms with E-state index in [1.54, 1.807) is 20.1 Å². The van der Waals surface area contributed by atoms with E-state index in [2.05, 4.69) is 35.8 Å². The highest BCUT2D eigenvalue weighted by Crippen LogP contribution is 2.47. The largest absolute Gasteiger partial charge is 0.496 e. The number of hydrogen-bond donors (Lipinski definition) is 3. The first-order valence-corrected chi connectivity index (χ1v) is 24.5. The zero-order valence-corrected chi connectivity index (χ0v) is 40.7. The van der Waals surface area contributed by atoms with Gasteiger partial charge in [0.25, 0.3) is 5.91 Å². The fourth-order valence-corrected chi connectivity index (χ4v) is 10.4. The Morgan fingerprint density at radius 3 is 2.45 bits per heavy atom. The van der Waals surface area contributed by atoms with Crippen molar-refractivity contribution in [3.05, 3.63) is 71.8 Å². The van der Waals surface area contributed by atoms with Crippen LogP contribution in [-0.4, -0.2) is 115 Å². The number of fused-ring (bicyclic) bond motifs is 1. The predicted molar refractivity (Wildman–Crippen MR) is 254 cm³/mol. The number of hydrogen-bond acceptors (Lipinski definition) is 13. The van der Waals surface area contributed by atoms with Gasteiger partial charge in [0.15, 0.2) is 0 Å². The minimum atomic E-state index is -4.01. The van der Waals surface area contributed by atoms with Gasteiger partial charge in [-0.25, -0.2) is 18.4 Å². The highest BCUT2D eigenvalue weighted by atomic mass is 32.2. The van der Waals surface area contributed by atoms with Crippen molar-refractivity contribution in [2.45, 2.75) is 109 Å². The first kappa shape index (κ1) is 47.7. The van der Waals surface area contributed by atoms with E-state index in [1.807, 2.05) is 94.5 Å². The van der Waals surface area contributed by atoms with E-state index < -0.39 is 61.6 Å². The van der Waals surface area contributed by atoms with Gasteiger partial charge in [-0.2, -0.15) is 0 Å². The smallest absolute Gasteiger partial charge is 0.259 e. The molecule has 3 amide bonds. The number of nitrogens with one attached hydrogen (secondary N) is 3. The topological polar surface area (TPSA) is 181 Å². The number of sulfonamides is 1. The number of nitrogens with zero attached hydrogens (tertiary/aromatic N) is 4. The molecule has 2 aliphatic carbocycles. The Bertz CT molecular complexity index is 2580.